The molecule has 2 rings (SSSR count). The van der Waals surface area contributed by atoms with E-state index in [9.17, 15) is 0 Å². The molecule has 0 amide bonds. The number of hydrogen-bond acceptors (Lipinski definition) is 2. The summed E-state index contributed by atoms with van der Waals surface area (Å²) in [5.41, 5.74) is 1.21. The van der Waals surface area contributed by atoms with Gasteiger partial charge in [0.15, 0.2) is 0 Å². The van der Waals surface area contributed by atoms with E-state index >= 15 is 0 Å². The fourth-order valence-electron chi connectivity index (χ4n) is 2.06. The van der Waals surface area contributed by atoms with Crippen LogP contribution >= 0.6 is 0 Å². The van der Waals surface area contributed by atoms with Crippen LogP contribution in [0.15, 0.2) is 6.20 Å². The van der Waals surface area contributed by atoms with Gasteiger partial charge in [0, 0.05) is 18.7 Å². The smallest absolute Gasteiger partial charge is 0.0857 e. The Kier molecular flexibility index (Phi) is 2.62. The first-order valence-corrected chi connectivity index (χ1v) is 5.30. The first kappa shape index (κ1) is 8.73. The van der Waals surface area contributed by atoms with Gasteiger partial charge in [-0.1, -0.05) is 25.0 Å². The third-order valence-corrected chi connectivity index (χ3v) is 2.78. The zero-order chi connectivity index (χ0) is 9.10. The third-order valence-electron chi connectivity index (χ3n) is 2.78. The van der Waals surface area contributed by atoms with E-state index in [0.717, 1.165) is 13.0 Å². The van der Waals surface area contributed by atoms with E-state index in [0.29, 0.717) is 5.92 Å². The van der Waals surface area contributed by atoms with Crippen molar-refractivity contribution in [2.45, 2.75) is 51.5 Å². The summed E-state index contributed by atoms with van der Waals surface area (Å²) >= 11 is 0. The lowest BCUT2D eigenvalue weighted by atomic mass is 10.1. The Balaban J connectivity index is 2.03. The maximum atomic E-state index is 4.23. The fraction of sp³-hybridized carbons (Fsp3) is 0.800. The molecule has 0 spiro atoms. The molecule has 0 N–H and O–H groups in total. The lowest BCUT2D eigenvalue weighted by Crippen LogP contribution is -1.96. The molecule has 1 aliphatic rings. The van der Waals surface area contributed by atoms with Crippen LogP contribution in [0.5, 0.6) is 0 Å². The van der Waals surface area contributed by atoms with Crippen LogP contribution in [0.1, 0.15) is 50.6 Å². The molecule has 0 bridgehead atoms. The summed E-state index contributed by atoms with van der Waals surface area (Å²) in [4.78, 5) is 0. The molecular formula is C10H17N3. The second-order valence-corrected chi connectivity index (χ2v) is 3.89. The predicted molar refractivity (Wildman–Crippen MR) is 51.5 cm³/mol. The standard InChI is InChI=1S/C10H17N3/c1-2-7-13-8-10(11-12-13)9-5-3-4-6-9/h8-9H,2-7H2,1H3. The minimum Gasteiger partial charge on any atom is -0.252 e. The number of aromatic nitrogens is 3. The molecule has 1 saturated carbocycles. The number of nitrogens with zero attached hydrogens (tertiary/aromatic N) is 3. The van der Waals surface area contributed by atoms with Gasteiger partial charge in [-0.2, -0.15) is 0 Å². The molecule has 0 aliphatic heterocycles. The highest BCUT2D eigenvalue weighted by atomic mass is 15.4. The van der Waals surface area contributed by atoms with E-state index in [1.54, 1.807) is 0 Å². The van der Waals surface area contributed by atoms with E-state index in [2.05, 4.69) is 23.4 Å². The average Bonchev–Trinajstić information content (AvgIpc) is 2.70. The monoisotopic (exact) mass is 179 g/mol. The molecule has 1 fully saturated rings. The highest BCUT2D eigenvalue weighted by Crippen LogP contribution is 2.32. The Labute approximate surface area is 79.1 Å². The lowest BCUT2D eigenvalue weighted by Gasteiger charge is -2.01. The van der Waals surface area contributed by atoms with Gasteiger partial charge in [0.2, 0.25) is 0 Å². The van der Waals surface area contributed by atoms with Crippen molar-refractivity contribution in [2.75, 3.05) is 0 Å². The van der Waals surface area contributed by atoms with E-state index < -0.39 is 0 Å². The Hall–Kier alpha value is -0.860. The van der Waals surface area contributed by atoms with Crippen molar-refractivity contribution in [2.24, 2.45) is 0 Å². The van der Waals surface area contributed by atoms with Crippen molar-refractivity contribution in [1.29, 1.82) is 0 Å². The van der Waals surface area contributed by atoms with Gasteiger partial charge >= 0.3 is 0 Å². The number of rotatable bonds is 3. The topological polar surface area (TPSA) is 30.7 Å². The summed E-state index contributed by atoms with van der Waals surface area (Å²) in [5, 5.41) is 8.35. The minimum absolute atomic E-state index is 0.700. The first-order valence-electron chi connectivity index (χ1n) is 5.30. The molecule has 1 aliphatic carbocycles. The van der Waals surface area contributed by atoms with Crippen molar-refractivity contribution in [3.05, 3.63) is 11.9 Å². The molecule has 1 aromatic heterocycles. The quantitative estimate of drug-likeness (QED) is 0.713. The van der Waals surface area contributed by atoms with Crippen molar-refractivity contribution in [3.63, 3.8) is 0 Å². The highest BCUT2D eigenvalue weighted by Gasteiger charge is 2.19. The van der Waals surface area contributed by atoms with E-state index in [4.69, 9.17) is 0 Å². The van der Waals surface area contributed by atoms with Crippen LogP contribution in [-0.2, 0) is 6.54 Å². The van der Waals surface area contributed by atoms with Gasteiger partial charge in [-0.15, -0.1) is 5.10 Å². The van der Waals surface area contributed by atoms with Crippen LogP contribution in [0.2, 0.25) is 0 Å². The molecular weight excluding hydrogens is 162 g/mol. The highest BCUT2D eigenvalue weighted by molar-refractivity contribution is 5.03. The van der Waals surface area contributed by atoms with Crippen LogP contribution in [0.3, 0.4) is 0 Å². The van der Waals surface area contributed by atoms with Crippen LogP contribution in [0.25, 0.3) is 0 Å². The van der Waals surface area contributed by atoms with Crippen LogP contribution < -0.4 is 0 Å². The SMILES string of the molecule is CCCn1cc(C2CCCC2)nn1. The Morgan fingerprint density at radius 3 is 2.92 bits per heavy atom. The van der Waals surface area contributed by atoms with Crippen molar-refractivity contribution in [3.8, 4) is 0 Å². The summed E-state index contributed by atoms with van der Waals surface area (Å²) in [6, 6.07) is 0. The van der Waals surface area contributed by atoms with Crippen LogP contribution in [0.4, 0.5) is 0 Å². The zero-order valence-corrected chi connectivity index (χ0v) is 8.24. The second kappa shape index (κ2) is 3.90. The molecule has 72 valence electrons. The fourth-order valence-corrected chi connectivity index (χ4v) is 2.06. The molecule has 0 saturated heterocycles. The molecule has 3 heteroatoms. The van der Waals surface area contributed by atoms with Crippen LogP contribution in [-0.4, -0.2) is 15.0 Å². The predicted octanol–water partition coefficient (Wildman–Crippen LogP) is 2.35. The molecule has 1 heterocycles. The van der Waals surface area contributed by atoms with Gasteiger partial charge in [-0.25, -0.2) is 0 Å². The van der Waals surface area contributed by atoms with E-state index in [1.165, 1.54) is 31.4 Å². The summed E-state index contributed by atoms with van der Waals surface area (Å²) in [5.74, 6) is 0.700. The minimum atomic E-state index is 0.700. The summed E-state index contributed by atoms with van der Waals surface area (Å²) in [7, 11) is 0. The molecule has 0 aromatic carbocycles. The first-order chi connectivity index (χ1) is 6.40. The second-order valence-electron chi connectivity index (χ2n) is 3.89. The van der Waals surface area contributed by atoms with Gasteiger partial charge in [0.05, 0.1) is 5.69 Å². The normalized spacial score (nSPS) is 18.2. The average molecular weight is 179 g/mol. The number of aryl methyl sites for hydroxylation is 1. The zero-order valence-electron chi connectivity index (χ0n) is 8.24. The van der Waals surface area contributed by atoms with Crippen molar-refractivity contribution < 1.29 is 0 Å². The Morgan fingerprint density at radius 1 is 1.46 bits per heavy atom. The molecule has 13 heavy (non-hydrogen) atoms. The Morgan fingerprint density at radius 2 is 2.23 bits per heavy atom. The van der Waals surface area contributed by atoms with Gasteiger partial charge in [0.1, 0.15) is 0 Å². The lowest BCUT2D eigenvalue weighted by molar-refractivity contribution is 0.578. The molecule has 1 aromatic rings. The Bertz CT molecular complexity index is 261. The van der Waals surface area contributed by atoms with Crippen molar-refractivity contribution >= 4 is 0 Å². The maximum absolute atomic E-state index is 4.23. The van der Waals surface area contributed by atoms with Gasteiger partial charge in [-0.05, 0) is 19.3 Å². The molecule has 0 unspecified atom stereocenters. The van der Waals surface area contributed by atoms with Gasteiger partial charge in [-0.3, -0.25) is 4.68 Å². The van der Waals surface area contributed by atoms with E-state index in [-0.39, 0.29) is 0 Å². The largest absolute Gasteiger partial charge is 0.252 e. The third kappa shape index (κ3) is 1.90. The van der Waals surface area contributed by atoms with E-state index in [1.807, 2.05) is 4.68 Å². The molecule has 0 atom stereocenters. The van der Waals surface area contributed by atoms with Gasteiger partial charge in [0.25, 0.3) is 0 Å². The summed E-state index contributed by atoms with van der Waals surface area (Å²) in [6.07, 6.45) is 8.61. The summed E-state index contributed by atoms with van der Waals surface area (Å²) in [6.45, 7) is 3.16. The number of hydrogen-bond donors (Lipinski definition) is 0. The molecule has 0 radical (unpaired) electrons. The van der Waals surface area contributed by atoms with Crippen molar-refractivity contribution in [1.82, 2.24) is 15.0 Å². The van der Waals surface area contributed by atoms with Gasteiger partial charge < -0.3 is 0 Å². The molecule has 3 nitrogen and oxygen atoms in total. The summed E-state index contributed by atoms with van der Waals surface area (Å²) < 4.78 is 1.97. The van der Waals surface area contributed by atoms with Crippen LogP contribution in [0, 0.1) is 0 Å². The maximum Gasteiger partial charge on any atom is 0.0857 e.